The minimum Gasteiger partial charge on any atom is -0.507 e. The topological polar surface area (TPSA) is 116 Å². The Hall–Kier alpha value is -4.07. The van der Waals surface area contributed by atoms with E-state index in [0.717, 1.165) is 4.90 Å². The van der Waals surface area contributed by atoms with Crippen LogP contribution in [0.4, 0.5) is 5.69 Å². The number of hydrazone groups is 1. The van der Waals surface area contributed by atoms with Gasteiger partial charge in [0.05, 0.1) is 11.9 Å². The van der Waals surface area contributed by atoms with Crippen molar-refractivity contribution in [3.05, 3.63) is 71.8 Å². The van der Waals surface area contributed by atoms with Crippen LogP contribution in [0.25, 0.3) is 0 Å². The smallest absolute Gasteiger partial charge is 0.271 e. The zero-order valence-electron chi connectivity index (χ0n) is 14.0. The molecule has 1 aliphatic rings. The van der Waals surface area contributed by atoms with Crippen LogP contribution in [-0.4, -0.2) is 35.8 Å². The summed E-state index contributed by atoms with van der Waals surface area (Å²) in [5.41, 5.74) is 3.50. The highest BCUT2D eigenvalue weighted by atomic mass is 16.3. The van der Waals surface area contributed by atoms with Gasteiger partial charge >= 0.3 is 0 Å². The largest absolute Gasteiger partial charge is 0.507 e. The van der Waals surface area contributed by atoms with Gasteiger partial charge in [-0.25, -0.2) is 10.3 Å². The lowest BCUT2D eigenvalue weighted by Gasteiger charge is -2.13. The number of anilines is 1. The van der Waals surface area contributed by atoms with Crippen molar-refractivity contribution in [2.75, 3.05) is 4.90 Å². The van der Waals surface area contributed by atoms with Gasteiger partial charge in [-0.15, -0.1) is 0 Å². The zero-order valence-corrected chi connectivity index (χ0v) is 14.0. The number of rotatable bonds is 4. The molecule has 136 valence electrons. The first-order chi connectivity index (χ1) is 13.1. The number of para-hydroxylation sites is 1. The number of phenolic OH excluding ortho intramolecular Hbond substituents is 1. The second-order valence-electron chi connectivity index (χ2n) is 5.15. The van der Waals surface area contributed by atoms with Crippen molar-refractivity contribution < 1.29 is 24.3 Å². The van der Waals surface area contributed by atoms with Crippen molar-refractivity contribution in [1.29, 1.82) is 0 Å². The number of imide groups is 1. The Morgan fingerprint density at radius 2 is 1.59 bits per heavy atom. The fraction of sp³-hybridized carbons (Fsp3) is 0. The van der Waals surface area contributed by atoms with Crippen LogP contribution in [0.5, 0.6) is 5.75 Å². The zero-order chi connectivity index (χ0) is 19.8. The van der Waals surface area contributed by atoms with E-state index >= 15 is 0 Å². The molecule has 2 aromatic carbocycles. The Balaban J connectivity index is 0.00000126. The third-order valence-electron chi connectivity index (χ3n) is 3.50. The normalized spacial score (nSPS) is 12.8. The molecule has 8 heteroatoms. The van der Waals surface area contributed by atoms with E-state index in [9.17, 15) is 19.5 Å². The van der Waals surface area contributed by atoms with Gasteiger partial charge in [0.25, 0.3) is 17.7 Å². The molecule has 0 radical (unpaired) electrons. The minimum absolute atomic E-state index is 0.0541. The second kappa shape index (κ2) is 8.86. The maximum Gasteiger partial charge on any atom is 0.271 e. The first-order valence-corrected chi connectivity index (χ1v) is 7.63. The fourth-order valence-corrected chi connectivity index (χ4v) is 2.24. The molecule has 1 aliphatic heterocycles. The summed E-state index contributed by atoms with van der Waals surface area (Å²) in [6.07, 6.45) is 3.71. The molecule has 3 rings (SSSR count). The summed E-state index contributed by atoms with van der Waals surface area (Å²) >= 11 is 0. The number of benzene rings is 2. The Morgan fingerprint density at radius 3 is 2.19 bits per heavy atom. The lowest BCUT2D eigenvalue weighted by atomic mass is 10.2. The van der Waals surface area contributed by atoms with E-state index in [-0.39, 0.29) is 5.75 Å². The maximum atomic E-state index is 12.0. The van der Waals surface area contributed by atoms with Crippen LogP contribution in [0.1, 0.15) is 15.9 Å². The van der Waals surface area contributed by atoms with E-state index in [2.05, 4.69) is 10.5 Å². The van der Waals surface area contributed by atoms with Crippen LogP contribution in [0.3, 0.4) is 0 Å². The molecule has 2 aromatic rings. The predicted octanol–water partition coefficient (Wildman–Crippen LogP) is 1.40. The molecule has 0 aromatic heterocycles. The molecule has 0 saturated heterocycles. The van der Waals surface area contributed by atoms with Crippen molar-refractivity contribution in [1.82, 2.24) is 5.43 Å². The van der Waals surface area contributed by atoms with Gasteiger partial charge in [0, 0.05) is 23.3 Å². The lowest BCUT2D eigenvalue weighted by Crippen LogP contribution is -2.29. The third kappa shape index (κ3) is 4.51. The number of nitrogens with zero attached hydrogens (tertiary/aromatic N) is 2. The molecule has 0 saturated carbocycles. The summed E-state index contributed by atoms with van der Waals surface area (Å²) in [6, 6.07) is 12.6. The summed E-state index contributed by atoms with van der Waals surface area (Å²) in [5, 5.41) is 13.4. The first kappa shape index (κ1) is 19.3. The Bertz CT molecular complexity index is 901. The third-order valence-corrected chi connectivity index (χ3v) is 3.50. The number of carbonyl (C=O) groups is 4. The SMILES string of the molecule is C=O.O=C(N/N=C/c1ccccc1O)c1ccc(N2C(=O)C=CC2=O)cc1. The maximum absolute atomic E-state index is 12.0. The van der Waals surface area contributed by atoms with Crippen molar-refractivity contribution >= 4 is 36.4 Å². The minimum atomic E-state index is -0.463. The molecule has 0 fully saturated rings. The van der Waals surface area contributed by atoms with E-state index in [0.29, 0.717) is 16.8 Å². The standard InChI is InChI=1S/C18H13N3O4.CH2O/c22-15-4-2-1-3-13(15)11-19-20-18(25)12-5-7-14(8-6-12)21-16(23)9-10-17(21)24;1-2/h1-11,22H,(H,20,25);1H2/b19-11+;. The van der Waals surface area contributed by atoms with E-state index < -0.39 is 17.7 Å². The lowest BCUT2D eigenvalue weighted by molar-refractivity contribution is -0.120. The van der Waals surface area contributed by atoms with Crippen molar-refractivity contribution in [3.63, 3.8) is 0 Å². The van der Waals surface area contributed by atoms with Gasteiger partial charge in [-0.2, -0.15) is 5.10 Å². The number of hydrogen-bond donors (Lipinski definition) is 2. The van der Waals surface area contributed by atoms with Gasteiger partial charge in [-0.3, -0.25) is 14.4 Å². The second-order valence-corrected chi connectivity index (χ2v) is 5.15. The van der Waals surface area contributed by atoms with Gasteiger partial charge < -0.3 is 9.90 Å². The van der Waals surface area contributed by atoms with Gasteiger partial charge in [0.15, 0.2) is 0 Å². The van der Waals surface area contributed by atoms with Gasteiger partial charge in [-0.05, 0) is 36.4 Å². The van der Waals surface area contributed by atoms with Crippen LogP contribution < -0.4 is 10.3 Å². The average molecular weight is 365 g/mol. The highest BCUT2D eigenvalue weighted by molar-refractivity contribution is 6.28. The quantitative estimate of drug-likeness (QED) is 0.483. The van der Waals surface area contributed by atoms with Gasteiger partial charge in [-0.1, -0.05) is 12.1 Å². The molecule has 8 nitrogen and oxygen atoms in total. The molecule has 0 bridgehead atoms. The summed E-state index contributed by atoms with van der Waals surface area (Å²) in [7, 11) is 0. The molecule has 27 heavy (non-hydrogen) atoms. The van der Waals surface area contributed by atoms with Crippen molar-refractivity contribution in [2.45, 2.75) is 0 Å². The number of nitrogens with one attached hydrogen (secondary N) is 1. The molecule has 3 amide bonds. The number of aromatic hydroxyl groups is 1. The number of amides is 3. The molecule has 0 spiro atoms. The van der Waals surface area contributed by atoms with Crippen LogP contribution in [-0.2, 0) is 14.4 Å². The summed E-state index contributed by atoms with van der Waals surface area (Å²) in [6.45, 7) is 2.00. The van der Waals surface area contributed by atoms with Crippen LogP contribution >= 0.6 is 0 Å². The fourth-order valence-electron chi connectivity index (χ4n) is 2.24. The van der Waals surface area contributed by atoms with E-state index in [1.807, 2.05) is 6.79 Å². The van der Waals surface area contributed by atoms with Gasteiger partial charge in [0.2, 0.25) is 0 Å². The molecular formula is C19H15N3O5. The Labute approximate surface area is 154 Å². The molecular weight excluding hydrogens is 350 g/mol. The van der Waals surface area contributed by atoms with E-state index in [4.69, 9.17) is 4.79 Å². The van der Waals surface area contributed by atoms with E-state index in [1.165, 1.54) is 48.7 Å². The summed E-state index contributed by atoms with van der Waals surface area (Å²) in [4.78, 5) is 44.3. The number of phenols is 1. The predicted molar refractivity (Wildman–Crippen MR) is 98.4 cm³/mol. The van der Waals surface area contributed by atoms with Crippen molar-refractivity contribution in [2.24, 2.45) is 5.10 Å². The monoisotopic (exact) mass is 365 g/mol. The Kier molecular flexibility index (Phi) is 6.32. The van der Waals surface area contributed by atoms with E-state index in [1.54, 1.807) is 18.2 Å². The molecule has 0 atom stereocenters. The van der Waals surface area contributed by atoms with Gasteiger partial charge in [0.1, 0.15) is 12.5 Å². The molecule has 0 aliphatic carbocycles. The molecule has 0 unspecified atom stereocenters. The molecule has 2 N–H and O–H groups in total. The first-order valence-electron chi connectivity index (χ1n) is 7.63. The number of carbonyl (C=O) groups excluding carboxylic acids is 4. The highest BCUT2D eigenvalue weighted by Gasteiger charge is 2.25. The molecule has 1 heterocycles. The van der Waals surface area contributed by atoms with Crippen LogP contribution in [0.2, 0.25) is 0 Å². The average Bonchev–Trinajstić information content (AvgIpc) is 3.03. The van der Waals surface area contributed by atoms with Crippen molar-refractivity contribution in [3.8, 4) is 5.75 Å². The summed E-state index contributed by atoms with van der Waals surface area (Å²) < 4.78 is 0. The summed E-state index contributed by atoms with van der Waals surface area (Å²) in [5.74, 6) is -1.25. The highest BCUT2D eigenvalue weighted by Crippen LogP contribution is 2.19. The van der Waals surface area contributed by atoms with Crippen LogP contribution in [0.15, 0.2) is 65.8 Å². The number of hydrogen-bond acceptors (Lipinski definition) is 6. The van der Waals surface area contributed by atoms with Crippen LogP contribution in [0, 0.1) is 0 Å². The Morgan fingerprint density at radius 1 is 1.00 bits per heavy atom.